The SMILES string of the molecule is CCCNCCCS(=O)(=O)NC(C)c1ccc(C)o1. The minimum Gasteiger partial charge on any atom is -0.465 e. The van der Waals surface area contributed by atoms with E-state index in [-0.39, 0.29) is 11.8 Å². The van der Waals surface area contributed by atoms with Gasteiger partial charge in [-0.1, -0.05) is 6.92 Å². The molecule has 0 fully saturated rings. The van der Waals surface area contributed by atoms with Gasteiger partial charge in [0.2, 0.25) is 10.0 Å². The molecule has 110 valence electrons. The molecular formula is C13H24N2O3S. The minimum absolute atomic E-state index is 0.133. The van der Waals surface area contributed by atoms with E-state index in [1.54, 1.807) is 13.0 Å². The molecule has 0 amide bonds. The maximum atomic E-state index is 11.9. The van der Waals surface area contributed by atoms with Crippen molar-refractivity contribution in [2.75, 3.05) is 18.8 Å². The maximum Gasteiger partial charge on any atom is 0.212 e. The predicted molar refractivity (Wildman–Crippen MR) is 76.6 cm³/mol. The Labute approximate surface area is 115 Å². The number of rotatable bonds is 9. The Morgan fingerprint density at radius 1 is 1.32 bits per heavy atom. The van der Waals surface area contributed by atoms with Crippen molar-refractivity contribution >= 4 is 10.0 Å². The second-order valence-electron chi connectivity index (χ2n) is 4.71. The van der Waals surface area contributed by atoms with Crippen LogP contribution in [-0.4, -0.2) is 27.3 Å². The van der Waals surface area contributed by atoms with E-state index in [4.69, 9.17) is 4.42 Å². The number of hydrogen-bond acceptors (Lipinski definition) is 4. The molecule has 0 radical (unpaired) electrons. The highest BCUT2D eigenvalue weighted by molar-refractivity contribution is 7.89. The Bertz CT molecular complexity index is 468. The Hall–Kier alpha value is -0.850. The van der Waals surface area contributed by atoms with Crippen molar-refractivity contribution < 1.29 is 12.8 Å². The molecule has 0 saturated heterocycles. The van der Waals surface area contributed by atoms with Crippen LogP contribution in [0, 0.1) is 6.92 Å². The van der Waals surface area contributed by atoms with E-state index in [2.05, 4.69) is 17.0 Å². The van der Waals surface area contributed by atoms with E-state index in [0.29, 0.717) is 12.2 Å². The molecule has 1 aromatic heterocycles. The molecule has 6 heteroatoms. The second kappa shape index (κ2) is 7.67. The Morgan fingerprint density at radius 3 is 2.63 bits per heavy atom. The molecule has 0 saturated carbocycles. The van der Waals surface area contributed by atoms with Crippen molar-refractivity contribution in [3.8, 4) is 0 Å². The first-order valence-corrected chi connectivity index (χ1v) is 8.37. The van der Waals surface area contributed by atoms with E-state index in [0.717, 1.165) is 25.3 Å². The summed E-state index contributed by atoms with van der Waals surface area (Å²) in [6.45, 7) is 7.35. The average molecular weight is 288 g/mol. The highest BCUT2D eigenvalue weighted by Gasteiger charge is 2.17. The second-order valence-corrected chi connectivity index (χ2v) is 6.58. The van der Waals surface area contributed by atoms with E-state index < -0.39 is 10.0 Å². The maximum absolute atomic E-state index is 11.9. The van der Waals surface area contributed by atoms with Crippen LogP contribution in [0.3, 0.4) is 0 Å². The van der Waals surface area contributed by atoms with Gasteiger partial charge in [0.05, 0.1) is 11.8 Å². The van der Waals surface area contributed by atoms with Crippen LogP contribution >= 0.6 is 0 Å². The molecular weight excluding hydrogens is 264 g/mol. The molecule has 1 unspecified atom stereocenters. The normalized spacial score (nSPS) is 13.6. The van der Waals surface area contributed by atoms with Crippen molar-refractivity contribution in [3.05, 3.63) is 23.7 Å². The van der Waals surface area contributed by atoms with Crippen LogP contribution in [0.5, 0.6) is 0 Å². The third-order valence-corrected chi connectivity index (χ3v) is 4.28. The highest BCUT2D eigenvalue weighted by Crippen LogP contribution is 2.16. The monoisotopic (exact) mass is 288 g/mol. The largest absolute Gasteiger partial charge is 0.465 e. The highest BCUT2D eigenvalue weighted by atomic mass is 32.2. The molecule has 0 aliphatic heterocycles. The van der Waals surface area contributed by atoms with Crippen molar-refractivity contribution in [1.82, 2.24) is 10.0 Å². The van der Waals surface area contributed by atoms with Crippen LogP contribution in [0.15, 0.2) is 16.5 Å². The van der Waals surface area contributed by atoms with Gasteiger partial charge in [-0.25, -0.2) is 13.1 Å². The van der Waals surface area contributed by atoms with E-state index >= 15 is 0 Å². The molecule has 1 heterocycles. The lowest BCUT2D eigenvalue weighted by molar-refractivity contribution is 0.441. The Morgan fingerprint density at radius 2 is 2.05 bits per heavy atom. The first-order chi connectivity index (χ1) is 8.94. The van der Waals surface area contributed by atoms with Gasteiger partial charge in [-0.05, 0) is 51.9 Å². The fourth-order valence-corrected chi connectivity index (χ4v) is 3.06. The zero-order valence-corrected chi connectivity index (χ0v) is 12.7. The van der Waals surface area contributed by atoms with Crippen LogP contribution in [0.4, 0.5) is 0 Å². The fourth-order valence-electron chi connectivity index (χ4n) is 1.76. The molecule has 0 spiro atoms. The van der Waals surface area contributed by atoms with Gasteiger partial charge in [0.1, 0.15) is 11.5 Å². The van der Waals surface area contributed by atoms with Gasteiger partial charge < -0.3 is 9.73 Å². The van der Waals surface area contributed by atoms with Gasteiger partial charge in [0.15, 0.2) is 0 Å². The Balaban J connectivity index is 2.37. The summed E-state index contributed by atoms with van der Waals surface area (Å²) in [5, 5.41) is 3.19. The smallest absolute Gasteiger partial charge is 0.212 e. The molecule has 5 nitrogen and oxygen atoms in total. The molecule has 19 heavy (non-hydrogen) atoms. The number of furan rings is 1. The van der Waals surface area contributed by atoms with Crippen molar-refractivity contribution in [1.29, 1.82) is 0 Å². The van der Waals surface area contributed by atoms with E-state index in [9.17, 15) is 8.42 Å². The van der Waals surface area contributed by atoms with Gasteiger partial charge in [0, 0.05) is 0 Å². The first kappa shape index (κ1) is 16.2. The summed E-state index contributed by atoms with van der Waals surface area (Å²) in [7, 11) is -3.26. The minimum atomic E-state index is -3.26. The summed E-state index contributed by atoms with van der Waals surface area (Å²) in [6.07, 6.45) is 1.67. The summed E-state index contributed by atoms with van der Waals surface area (Å²) < 4.78 is 31.8. The summed E-state index contributed by atoms with van der Waals surface area (Å²) >= 11 is 0. The molecule has 1 atom stereocenters. The molecule has 1 aromatic rings. The van der Waals surface area contributed by atoms with Gasteiger partial charge in [-0.2, -0.15) is 0 Å². The van der Waals surface area contributed by atoms with Gasteiger partial charge in [0.25, 0.3) is 0 Å². The fraction of sp³-hybridized carbons (Fsp3) is 0.692. The zero-order chi connectivity index (χ0) is 14.3. The molecule has 0 aromatic carbocycles. The summed E-state index contributed by atoms with van der Waals surface area (Å²) in [4.78, 5) is 0. The molecule has 0 bridgehead atoms. The summed E-state index contributed by atoms with van der Waals surface area (Å²) in [5.74, 6) is 1.56. The number of hydrogen-bond donors (Lipinski definition) is 2. The number of aryl methyl sites for hydroxylation is 1. The molecule has 2 N–H and O–H groups in total. The Kier molecular flexibility index (Phi) is 6.54. The zero-order valence-electron chi connectivity index (χ0n) is 11.9. The lowest BCUT2D eigenvalue weighted by Crippen LogP contribution is -2.30. The van der Waals surface area contributed by atoms with Crippen LogP contribution in [0.2, 0.25) is 0 Å². The number of sulfonamides is 1. The van der Waals surface area contributed by atoms with E-state index in [1.165, 1.54) is 0 Å². The summed E-state index contributed by atoms with van der Waals surface area (Å²) in [6, 6.07) is 3.29. The molecule has 1 rings (SSSR count). The van der Waals surface area contributed by atoms with Crippen LogP contribution in [0.1, 0.15) is 44.3 Å². The van der Waals surface area contributed by atoms with Crippen LogP contribution in [-0.2, 0) is 10.0 Å². The van der Waals surface area contributed by atoms with E-state index in [1.807, 2.05) is 13.0 Å². The van der Waals surface area contributed by atoms with Crippen molar-refractivity contribution in [3.63, 3.8) is 0 Å². The third kappa shape index (κ3) is 6.22. The van der Waals surface area contributed by atoms with Crippen molar-refractivity contribution in [2.45, 2.75) is 39.7 Å². The lowest BCUT2D eigenvalue weighted by atomic mass is 10.3. The molecule has 0 aliphatic rings. The van der Waals surface area contributed by atoms with Crippen molar-refractivity contribution in [2.24, 2.45) is 0 Å². The standard InChI is InChI=1S/C13H24N2O3S/c1-4-8-14-9-5-10-19(16,17)15-12(3)13-7-6-11(2)18-13/h6-7,12,14-15H,4-5,8-10H2,1-3H3. The topological polar surface area (TPSA) is 71.3 Å². The predicted octanol–water partition coefficient (Wildman–Crippen LogP) is 1.96. The lowest BCUT2D eigenvalue weighted by Gasteiger charge is -2.12. The van der Waals surface area contributed by atoms with Crippen LogP contribution in [0.25, 0.3) is 0 Å². The van der Waals surface area contributed by atoms with Gasteiger partial charge in [-0.3, -0.25) is 0 Å². The quantitative estimate of drug-likeness (QED) is 0.681. The number of nitrogens with one attached hydrogen (secondary N) is 2. The molecule has 0 aliphatic carbocycles. The van der Waals surface area contributed by atoms with Gasteiger partial charge in [-0.15, -0.1) is 0 Å². The summed E-state index contributed by atoms with van der Waals surface area (Å²) in [5.41, 5.74) is 0. The van der Waals surface area contributed by atoms with Crippen LogP contribution < -0.4 is 10.0 Å². The average Bonchev–Trinajstić information content (AvgIpc) is 2.75. The van der Waals surface area contributed by atoms with Gasteiger partial charge >= 0.3 is 0 Å². The third-order valence-electron chi connectivity index (χ3n) is 2.74. The first-order valence-electron chi connectivity index (χ1n) is 6.71.